The van der Waals surface area contributed by atoms with E-state index in [1.807, 2.05) is 42.5 Å². The van der Waals surface area contributed by atoms with Crippen molar-refractivity contribution in [3.8, 4) is 11.5 Å². The molecular formula is C19H19O4P. The SMILES string of the molecule is O=P(OC1=C[C@H](C2CC2)C1)(Oc1ccccc1)Oc1ccccc1. The first-order chi connectivity index (χ1) is 11.7. The third-order valence-electron chi connectivity index (χ3n) is 4.21. The smallest absolute Gasteiger partial charge is 0.391 e. The highest BCUT2D eigenvalue weighted by molar-refractivity contribution is 7.49. The highest BCUT2D eigenvalue weighted by Crippen LogP contribution is 2.55. The van der Waals surface area contributed by atoms with Gasteiger partial charge in [0.2, 0.25) is 0 Å². The Labute approximate surface area is 141 Å². The van der Waals surface area contributed by atoms with Gasteiger partial charge in [-0.2, -0.15) is 4.57 Å². The molecule has 1 fully saturated rings. The van der Waals surface area contributed by atoms with E-state index in [4.69, 9.17) is 13.6 Å². The topological polar surface area (TPSA) is 44.8 Å². The van der Waals surface area contributed by atoms with E-state index in [1.165, 1.54) is 12.8 Å². The van der Waals surface area contributed by atoms with Gasteiger partial charge in [-0.3, -0.25) is 0 Å². The highest BCUT2D eigenvalue weighted by Gasteiger charge is 2.40. The molecule has 1 saturated carbocycles. The monoisotopic (exact) mass is 342 g/mol. The summed E-state index contributed by atoms with van der Waals surface area (Å²) in [6.45, 7) is 0. The van der Waals surface area contributed by atoms with Crippen molar-refractivity contribution in [3.63, 3.8) is 0 Å². The summed E-state index contributed by atoms with van der Waals surface area (Å²) in [5.74, 6) is 2.94. The molecule has 2 aromatic carbocycles. The molecule has 124 valence electrons. The molecule has 4 nitrogen and oxygen atoms in total. The minimum Gasteiger partial charge on any atom is -0.391 e. The van der Waals surface area contributed by atoms with Gasteiger partial charge in [-0.1, -0.05) is 36.4 Å². The molecule has 1 atom stereocenters. The van der Waals surface area contributed by atoms with Gasteiger partial charge in [0.25, 0.3) is 0 Å². The fourth-order valence-electron chi connectivity index (χ4n) is 2.75. The van der Waals surface area contributed by atoms with Gasteiger partial charge >= 0.3 is 7.82 Å². The van der Waals surface area contributed by atoms with Crippen LogP contribution in [-0.2, 0) is 9.09 Å². The summed E-state index contributed by atoms with van der Waals surface area (Å²) in [6.07, 6.45) is 5.43. The van der Waals surface area contributed by atoms with Crippen molar-refractivity contribution in [2.45, 2.75) is 19.3 Å². The highest BCUT2D eigenvalue weighted by atomic mass is 31.2. The molecule has 0 aliphatic heterocycles. The zero-order valence-electron chi connectivity index (χ0n) is 13.2. The number of benzene rings is 2. The molecule has 2 aliphatic carbocycles. The Balaban J connectivity index is 1.52. The van der Waals surface area contributed by atoms with Crippen molar-refractivity contribution in [2.24, 2.45) is 11.8 Å². The maximum absolute atomic E-state index is 13.1. The molecule has 4 rings (SSSR count). The molecule has 0 spiro atoms. The number of hydrogen-bond donors (Lipinski definition) is 0. The van der Waals surface area contributed by atoms with E-state index in [0.717, 1.165) is 12.3 Å². The average Bonchev–Trinajstić information content (AvgIpc) is 3.37. The molecule has 0 heterocycles. The number of rotatable bonds is 7. The summed E-state index contributed by atoms with van der Waals surface area (Å²) < 4.78 is 30.0. The minimum absolute atomic E-state index is 0.454. The quantitative estimate of drug-likeness (QED) is 0.616. The predicted molar refractivity (Wildman–Crippen MR) is 91.7 cm³/mol. The van der Waals surface area contributed by atoms with Crippen molar-refractivity contribution in [1.29, 1.82) is 0 Å². The van der Waals surface area contributed by atoms with Crippen LogP contribution in [0.15, 0.2) is 72.5 Å². The molecule has 2 aliphatic rings. The second kappa shape index (κ2) is 6.37. The first-order valence-electron chi connectivity index (χ1n) is 8.20. The maximum atomic E-state index is 13.1. The number of hydrogen-bond acceptors (Lipinski definition) is 4. The van der Waals surface area contributed by atoms with Crippen molar-refractivity contribution in [2.75, 3.05) is 0 Å². The second-order valence-corrected chi connectivity index (χ2v) is 7.63. The van der Waals surface area contributed by atoms with E-state index in [0.29, 0.717) is 23.2 Å². The zero-order valence-corrected chi connectivity index (χ0v) is 14.1. The van der Waals surface area contributed by atoms with Crippen LogP contribution in [0.5, 0.6) is 11.5 Å². The predicted octanol–water partition coefficient (Wildman–Crippen LogP) is 5.58. The lowest BCUT2D eigenvalue weighted by atomic mass is 9.89. The average molecular weight is 342 g/mol. The number of phosphoric ester groups is 1. The van der Waals surface area contributed by atoms with Crippen LogP contribution < -0.4 is 9.05 Å². The van der Waals surface area contributed by atoms with Crippen molar-refractivity contribution in [3.05, 3.63) is 72.5 Å². The molecule has 2 aromatic rings. The number of phosphoric acid groups is 1. The number of para-hydroxylation sites is 2. The third kappa shape index (κ3) is 3.65. The van der Waals surface area contributed by atoms with E-state index in [9.17, 15) is 4.57 Å². The van der Waals surface area contributed by atoms with Crippen LogP contribution in [0.2, 0.25) is 0 Å². The van der Waals surface area contributed by atoms with Crippen LogP contribution in [0.25, 0.3) is 0 Å². The third-order valence-corrected chi connectivity index (χ3v) is 5.54. The van der Waals surface area contributed by atoms with Gasteiger partial charge in [-0.05, 0) is 55.0 Å². The van der Waals surface area contributed by atoms with Crippen molar-refractivity contribution >= 4 is 7.82 Å². The summed E-state index contributed by atoms with van der Waals surface area (Å²) in [7, 11) is -3.79. The molecule has 24 heavy (non-hydrogen) atoms. The van der Waals surface area contributed by atoms with E-state index in [-0.39, 0.29) is 0 Å². The Hall–Kier alpha value is -2.19. The maximum Gasteiger partial charge on any atom is 0.646 e. The lowest BCUT2D eigenvalue weighted by Gasteiger charge is -2.28. The zero-order chi connectivity index (χ0) is 16.4. The largest absolute Gasteiger partial charge is 0.646 e. The molecule has 0 aromatic heterocycles. The summed E-state index contributed by atoms with van der Waals surface area (Å²) >= 11 is 0. The van der Waals surface area contributed by atoms with Crippen LogP contribution in [0.4, 0.5) is 0 Å². The van der Waals surface area contributed by atoms with Crippen LogP contribution in [0, 0.1) is 11.8 Å². The summed E-state index contributed by atoms with van der Waals surface area (Å²) in [5, 5.41) is 0. The Bertz CT molecular complexity index is 723. The Morgan fingerprint density at radius 1 is 0.792 bits per heavy atom. The van der Waals surface area contributed by atoms with E-state index < -0.39 is 7.82 Å². The Morgan fingerprint density at radius 2 is 1.29 bits per heavy atom. The van der Waals surface area contributed by atoms with E-state index >= 15 is 0 Å². The minimum atomic E-state index is -3.79. The first kappa shape index (κ1) is 15.3. The fourth-order valence-corrected chi connectivity index (χ4v) is 4.05. The van der Waals surface area contributed by atoms with Gasteiger partial charge < -0.3 is 13.6 Å². The van der Waals surface area contributed by atoms with Gasteiger partial charge in [0, 0.05) is 6.42 Å². The molecule has 0 radical (unpaired) electrons. The van der Waals surface area contributed by atoms with Crippen LogP contribution in [0.3, 0.4) is 0 Å². The first-order valence-corrected chi connectivity index (χ1v) is 9.66. The standard InChI is InChI=1S/C19H19O4P/c20-24(21-17-7-3-1-4-8-17,22-18-9-5-2-6-10-18)23-19-13-16(14-19)15-11-12-15/h1-10,13,15-16H,11-12,14H2/t16-/m0/s1. The molecule has 0 bridgehead atoms. The molecule has 0 saturated heterocycles. The van der Waals surface area contributed by atoms with Crippen molar-refractivity contribution < 1.29 is 18.1 Å². The van der Waals surface area contributed by atoms with Gasteiger partial charge in [0.05, 0.1) is 0 Å². The molecule has 0 unspecified atom stereocenters. The van der Waals surface area contributed by atoms with Gasteiger partial charge in [-0.15, -0.1) is 0 Å². The van der Waals surface area contributed by atoms with E-state index in [2.05, 4.69) is 0 Å². The number of allylic oxidation sites excluding steroid dienone is 2. The Kier molecular flexibility index (Phi) is 4.07. The van der Waals surface area contributed by atoms with Gasteiger partial charge in [0.15, 0.2) is 0 Å². The normalized spacial score (nSPS) is 19.8. The summed E-state index contributed by atoms with van der Waals surface area (Å²) in [5.41, 5.74) is 0. The summed E-state index contributed by atoms with van der Waals surface area (Å²) in [4.78, 5) is 0. The Morgan fingerprint density at radius 3 is 1.75 bits per heavy atom. The lowest BCUT2D eigenvalue weighted by molar-refractivity contribution is 0.228. The van der Waals surface area contributed by atoms with Crippen LogP contribution in [0.1, 0.15) is 19.3 Å². The lowest BCUT2D eigenvalue weighted by Crippen LogP contribution is -2.16. The molecule has 0 amide bonds. The van der Waals surface area contributed by atoms with Crippen LogP contribution in [-0.4, -0.2) is 0 Å². The molecule has 5 heteroatoms. The summed E-state index contributed by atoms with van der Waals surface area (Å²) in [6, 6.07) is 17.9. The van der Waals surface area contributed by atoms with Crippen LogP contribution >= 0.6 is 7.82 Å². The molecule has 0 N–H and O–H groups in total. The second-order valence-electron chi connectivity index (χ2n) is 6.19. The van der Waals surface area contributed by atoms with Gasteiger partial charge in [0.1, 0.15) is 17.3 Å². The van der Waals surface area contributed by atoms with E-state index in [1.54, 1.807) is 24.3 Å². The van der Waals surface area contributed by atoms with Crippen molar-refractivity contribution in [1.82, 2.24) is 0 Å². The van der Waals surface area contributed by atoms with Gasteiger partial charge in [-0.25, -0.2) is 0 Å². The molecular weight excluding hydrogens is 323 g/mol. The fraction of sp³-hybridized carbons (Fsp3) is 0.263.